The minimum Gasteiger partial charge on any atom is -0.334 e. The van der Waals surface area contributed by atoms with Gasteiger partial charge in [0.2, 0.25) is 0 Å². The number of halogens is 1. The first kappa shape index (κ1) is 16.1. The lowest BCUT2D eigenvalue weighted by Crippen LogP contribution is -2.46. The topological polar surface area (TPSA) is 87.9 Å². The summed E-state index contributed by atoms with van der Waals surface area (Å²) in [5.41, 5.74) is 6.93. The number of rotatable bonds is 2. The largest absolute Gasteiger partial charge is 0.334 e. The maximum atomic E-state index is 13.8. The number of carbonyl (C=O) groups excluding carboxylic acids is 1. The first-order valence-corrected chi connectivity index (χ1v) is 7.78. The van der Waals surface area contributed by atoms with Crippen molar-refractivity contribution in [3.63, 3.8) is 0 Å². The van der Waals surface area contributed by atoms with Gasteiger partial charge in [-0.15, -0.1) is 0 Å². The number of amides is 1. The highest BCUT2D eigenvalue weighted by Crippen LogP contribution is 2.22. The quantitative estimate of drug-likeness (QED) is 0.908. The lowest BCUT2D eigenvalue weighted by atomic mass is 10.1. The van der Waals surface area contributed by atoms with Gasteiger partial charge >= 0.3 is 0 Å². The highest BCUT2D eigenvalue weighted by molar-refractivity contribution is 5.91. The molecule has 0 unspecified atom stereocenters. The third-order valence-corrected chi connectivity index (χ3v) is 4.20. The first-order chi connectivity index (χ1) is 11.5. The number of likely N-dealkylation sites (tertiary alicyclic amines) is 1. The molecule has 1 atom stereocenters. The molecule has 2 N–H and O–H groups in total. The summed E-state index contributed by atoms with van der Waals surface area (Å²) < 4.78 is 15.4. The number of nitrogens with two attached hydrogens (primary N) is 1. The van der Waals surface area contributed by atoms with Gasteiger partial charge in [0.1, 0.15) is 11.9 Å². The Balaban J connectivity index is 1.89. The van der Waals surface area contributed by atoms with Gasteiger partial charge in [-0.1, -0.05) is 6.07 Å². The fourth-order valence-corrected chi connectivity index (χ4v) is 2.91. The molecule has 1 aromatic heterocycles. The van der Waals surface area contributed by atoms with Crippen LogP contribution in [0.15, 0.2) is 24.4 Å². The van der Waals surface area contributed by atoms with E-state index in [4.69, 9.17) is 11.0 Å². The van der Waals surface area contributed by atoms with Crippen molar-refractivity contribution in [2.75, 3.05) is 13.1 Å². The van der Waals surface area contributed by atoms with Crippen molar-refractivity contribution >= 4 is 5.91 Å². The van der Waals surface area contributed by atoms with Crippen molar-refractivity contribution in [2.45, 2.75) is 18.9 Å². The van der Waals surface area contributed by atoms with Gasteiger partial charge in [-0.25, -0.2) is 9.37 Å². The summed E-state index contributed by atoms with van der Waals surface area (Å²) in [6.45, 7) is 1.19. The molecule has 124 valence electrons. The van der Waals surface area contributed by atoms with Crippen LogP contribution in [0.5, 0.6) is 0 Å². The van der Waals surface area contributed by atoms with E-state index in [1.54, 1.807) is 34.8 Å². The number of nitrogens with zero attached hydrogens (tertiary/aromatic N) is 4. The molecular weight excluding hydrogens is 309 g/mol. The fraction of sp³-hybridized carbons (Fsp3) is 0.353. The molecule has 0 spiro atoms. The normalized spacial score (nSPS) is 17.6. The molecule has 1 fully saturated rings. The Hall–Kier alpha value is -2.72. The summed E-state index contributed by atoms with van der Waals surface area (Å²) in [7, 11) is 1.73. The third kappa shape index (κ3) is 3.01. The SMILES string of the molecule is Cn1cc(-c2ccc(C#N)c(F)c2)nc1C(=O)N1CCC[C@@H](N)C1. The first-order valence-electron chi connectivity index (χ1n) is 7.78. The number of aryl methyl sites for hydroxylation is 1. The molecule has 0 saturated carbocycles. The summed E-state index contributed by atoms with van der Waals surface area (Å²) in [4.78, 5) is 18.7. The van der Waals surface area contributed by atoms with Gasteiger partial charge in [-0.05, 0) is 25.0 Å². The Bertz CT molecular complexity index is 823. The van der Waals surface area contributed by atoms with Gasteiger partial charge in [-0.3, -0.25) is 4.79 Å². The zero-order valence-electron chi connectivity index (χ0n) is 13.4. The molecule has 24 heavy (non-hydrogen) atoms. The molecular formula is C17H18FN5O. The Labute approximate surface area is 139 Å². The smallest absolute Gasteiger partial charge is 0.289 e. The van der Waals surface area contributed by atoms with Gasteiger partial charge in [-0.2, -0.15) is 5.26 Å². The molecule has 0 radical (unpaired) electrons. The monoisotopic (exact) mass is 327 g/mol. The second-order valence-corrected chi connectivity index (χ2v) is 6.02. The van der Waals surface area contributed by atoms with E-state index in [0.717, 1.165) is 12.8 Å². The lowest BCUT2D eigenvalue weighted by molar-refractivity contribution is 0.0693. The molecule has 7 heteroatoms. The predicted octanol–water partition coefficient (Wildman–Crippen LogP) is 1.66. The predicted molar refractivity (Wildman–Crippen MR) is 86.4 cm³/mol. The fourth-order valence-electron chi connectivity index (χ4n) is 2.91. The molecule has 0 aliphatic carbocycles. The van der Waals surface area contributed by atoms with Gasteiger partial charge in [0.15, 0.2) is 5.82 Å². The van der Waals surface area contributed by atoms with Crippen molar-refractivity contribution in [1.82, 2.24) is 14.5 Å². The number of carbonyl (C=O) groups is 1. The maximum absolute atomic E-state index is 13.8. The summed E-state index contributed by atoms with van der Waals surface area (Å²) in [5, 5.41) is 8.80. The van der Waals surface area contributed by atoms with Crippen LogP contribution in [0.4, 0.5) is 4.39 Å². The van der Waals surface area contributed by atoms with Gasteiger partial charge in [0.25, 0.3) is 5.91 Å². The van der Waals surface area contributed by atoms with E-state index >= 15 is 0 Å². The summed E-state index contributed by atoms with van der Waals surface area (Å²) in [6.07, 6.45) is 3.48. The summed E-state index contributed by atoms with van der Waals surface area (Å²) in [6, 6.07) is 6.06. The minimum absolute atomic E-state index is 0.00457. The molecule has 1 saturated heterocycles. The number of hydrogen-bond acceptors (Lipinski definition) is 4. The number of hydrogen-bond donors (Lipinski definition) is 1. The van der Waals surface area contributed by atoms with Crippen LogP contribution in [0.3, 0.4) is 0 Å². The number of benzene rings is 1. The number of piperidine rings is 1. The number of nitriles is 1. The van der Waals surface area contributed by atoms with Crippen molar-refractivity contribution in [3.8, 4) is 17.3 Å². The molecule has 1 aliphatic heterocycles. The highest BCUT2D eigenvalue weighted by atomic mass is 19.1. The van der Waals surface area contributed by atoms with Crippen molar-refractivity contribution in [3.05, 3.63) is 41.6 Å². The van der Waals surface area contributed by atoms with Crippen LogP contribution in [0.25, 0.3) is 11.3 Å². The standard InChI is InChI=1S/C17H18FN5O/c1-22-10-15(11-4-5-12(8-19)14(18)7-11)21-16(22)17(24)23-6-2-3-13(20)9-23/h4-5,7,10,13H,2-3,6,9,20H2,1H3/t13-/m1/s1. The van der Waals surface area contributed by atoms with Crippen molar-refractivity contribution < 1.29 is 9.18 Å². The molecule has 6 nitrogen and oxygen atoms in total. The third-order valence-electron chi connectivity index (χ3n) is 4.20. The van der Waals surface area contributed by atoms with Crippen LogP contribution in [-0.4, -0.2) is 39.5 Å². The van der Waals surface area contributed by atoms with E-state index in [9.17, 15) is 9.18 Å². The zero-order valence-corrected chi connectivity index (χ0v) is 13.4. The van der Waals surface area contributed by atoms with E-state index in [1.165, 1.54) is 12.1 Å². The van der Waals surface area contributed by atoms with Crippen LogP contribution < -0.4 is 5.73 Å². The van der Waals surface area contributed by atoms with Crippen LogP contribution in [0.2, 0.25) is 0 Å². The van der Waals surface area contributed by atoms with Gasteiger partial charge < -0.3 is 15.2 Å². The van der Waals surface area contributed by atoms with E-state index in [0.29, 0.717) is 30.2 Å². The van der Waals surface area contributed by atoms with E-state index < -0.39 is 5.82 Å². The Morgan fingerprint density at radius 2 is 2.29 bits per heavy atom. The molecule has 1 aromatic carbocycles. The summed E-state index contributed by atoms with van der Waals surface area (Å²) in [5.74, 6) is -0.479. The highest BCUT2D eigenvalue weighted by Gasteiger charge is 2.25. The van der Waals surface area contributed by atoms with Crippen LogP contribution in [-0.2, 0) is 7.05 Å². The van der Waals surface area contributed by atoms with Gasteiger partial charge in [0.05, 0.1) is 11.3 Å². The molecule has 2 heterocycles. The Morgan fingerprint density at radius 1 is 1.50 bits per heavy atom. The lowest BCUT2D eigenvalue weighted by Gasteiger charge is -2.30. The van der Waals surface area contributed by atoms with Gasteiger partial charge in [0, 0.05) is 37.9 Å². The second-order valence-electron chi connectivity index (χ2n) is 6.02. The maximum Gasteiger partial charge on any atom is 0.289 e. The van der Waals surface area contributed by atoms with Crippen LogP contribution in [0, 0.1) is 17.1 Å². The van der Waals surface area contributed by atoms with E-state index in [2.05, 4.69) is 4.98 Å². The molecule has 1 aliphatic rings. The molecule has 0 bridgehead atoms. The second kappa shape index (κ2) is 6.42. The number of aromatic nitrogens is 2. The average molecular weight is 327 g/mol. The zero-order chi connectivity index (χ0) is 17.3. The van der Waals surface area contributed by atoms with Crippen molar-refractivity contribution in [1.29, 1.82) is 5.26 Å². The Morgan fingerprint density at radius 3 is 2.96 bits per heavy atom. The van der Waals surface area contributed by atoms with E-state index in [-0.39, 0.29) is 17.5 Å². The minimum atomic E-state index is -0.601. The Kier molecular flexibility index (Phi) is 4.32. The van der Waals surface area contributed by atoms with Crippen molar-refractivity contribution in [2.24, 2.45) is 12.8 Å². The molecule has 2 aromatic rings. The average Bonchev–Trinajstić information content (AvgIpc) is 2.96. The van der Waals surface area contributed by atoms with E-state index in [1.807, 2.05) is 0 Å². The van der Waals surface area contributed by atoms with Crippen LogP contribution in [0.1, 0.15) is 29.0 Å². The summed E-state index contributed by atoms with van der Waals surface area (Å²) >= 11 is 0. The van der Waals surface area contributed by atoms with Crippen LogP contribution >= 0.6 is 0 Å². The number of imidazole rings is 1. The molecule has 3 rings (SSSR count). The molecule has 1 amide bonds.